The summed E-state index contributed by atoms with van der Waals surface area (Å²) in [6.45, 7) is 0. The highest BCUT2D eigenvalue weighted by atomic mass is 35.5. The Morgan fingerprint density at radius 1 is 0.952 bits per heavy atom. The molecule has 2 aromatic carbocycles. The Morgan fingerprint density at radius 3 is 2.52 bits per heavy atom. The molecule has 0 fully saturated rings. The first-order valence-corrected chi connectivity index (χ1v) is 8.79. The van der Waals surface area contributed by atoms with Crippen LogP contribution in [0.15, 0.2) is 41.3 Å². The van der Waals surface area contributed by atoms with Gasteiger partial charge in [0.15, 0.2) is 0 Å². The summed E-state index contributed by atoms with van der Waals surface area (Å²) in [5, 5.41) is 0.732. The summed E-state index contributed by atoms with van der Waals surface area (Å²) in [6.07, 6.45) is 3.02. The average Bonchev–Trinajstić information content (AvgIpc) is 2.90. The number of hydrogen-bond donors (Lipinski definition) is 1. The van der Waals surface area contributed by atoms with Crippen molar-refractivity contribution < 1.29 is 8.42 Å². The summed E-state index contributed by atoms with van der Waals surface area (Å²) < 4.78 is 27.4. The fraction of sp³-hybridized carbons (Fsp3) is 0.200. The van der Waals surface area contributed by atoms with Gasteiger partial charge in [-0.2, -0.15) is 0 Å². The molecule has 1 N–H and O–H groups in total. The fourth-order valence-electron chi connectivity index (χ4n) is 2.49. The summed E-state index contributed by atoms with van der Waals surface area (Å²) in [5.74, 6) is 0. The number of halogens is 2. The predicted molar refractivity (Wildman–Crippen MR) is 85.7 cm³/mol. The molecule has 0 atom stereocenters. The fourth-order valence-corrected chi connectivity index (χ4v) is 4.01. The molecule has 6 heteroatoms. The molecule has 1 aliphatic carbocycles. The van der Waals surface area contributed by atoms with E-state index in [0.29, 0.717) is 10.0 Å². The van der Waals surface area contributed by atoms with E-state index in [2.05, 4.69) is 4.72 Å². The van der Waals surface area contributed by atoms with Crippen LogP contribution in [0.3, 0.4) is 0 Å². The highest BCUT2D eigenvalue weighted by Crippen LogP contribution is 2.29. The summed E-state index contributed by atoms with van der Waals surface area (Å²) in [4.78, 5) is 0.249. The second-order valence-corrected chi connectivity index (χ2v) is 7.54. The molecule has 3 rings (SSSR count). The molecule has 0 amide bonds. The van der Waals surface area contributed by atoms with Crippen molar-refractivity contribution in [3.05, 3.63) is 57.6 Å². The molecule has 1 aliphatic rings. The third-order valence-electron chi connectivity index (χ3n) is 3.55. The Hall–Kier alpha value is -1.23. The molecule has 0 spiro atoms. The van der Waals surface area contributed by atoms with E-state index in [9.17, 15) is 8.42 Å². The molecule has 0 unspecified atom stereocenters. The van der Waals surface area contributed by atoms with E-state index in [1.54, 1.807) is 24.3 Å². The monoisotopic (exact) mass is 341 g/mol. The summed E-state index contributed by atoms with van der Waals surface area (Å²) >= 11 is 11.9. The molecule has 3 nitrogen and oxygen atoms in total. The lowest BCUT2D eigenvalue weighted by molar-refractivity contribution is 0.601. The third-order valence-corrected chi connectivity index (χ3v) is 5.48. The molecule has 0 saturated carbocycles. The Bertz CT molecular complexity index is 803. The molecule has 0 saturated heterocycles. The van der Waals surface area contributed by atoms with Gasteiger partial charge in [0.2, 0.25) is 0 Å². The first kappa shape index (κ1) is 14.7. The second kappa shape index (κ2) is 5.52. The highest BCUT2D eigenvalue weighted by molar-refractivity contribution is 7.92. The van der Waals surface area contributed by atoms with E-state index in [1.165, 1.54) is 11.6 Å². The van der Waals surface area contributed by atoms with Crippen LogP contribution < -0.4 is 4.72 Å². The number of sulfonamides is 1. The third kappa shape index (κ3) is 3.03. The van der Waals surface area contributed by atoms with E-state index in [-0.39, 0.29) is 10.6 Å². The lowest BCUT2D eigenvalue weighted by Crippen LogP contribution is -2.13. The van der Waals surface area contributed by atoms with Crippen LogP contribution in [0.25, 0.3) is 0 Å². The van der Waals surface area contributed by atoms with E-state index in [4.69, 9.17) is 23.2 Å². The molecule has 21 heavy (non-hydrogen) atoms. The van der Waals surface area contributed by atoms with Crippen molar-refractivity contribution in [3.63, 3.8) is 0 Å². The van der Waals surface area contributed by atoms with Crippen LogP contribution in [0, 0.1) is 0 Å². The summed E-state index contributed by atoms with van der Waals surface area (Å²) in [7, 11) is -3.67. The predicted octanol–water partition coefficient (Wildman–Crippen LogP) is 4.28. The van der Waals surface area contributed by atoms with Crippen LogP contribution in [0.4, 0.5) is 5.69 Å². The Kier molecular flexibility index (Phi) is 3.86. The number of nitrogens with one attached hydrogen (secondary N) is 1. The van der Waals surface area contributed by atoms with Crippen molar-refractivity contribution in [2.75, 3.05) is 4.72 Å². The molecular formula is C15H13Cl2NO2S. The number of aryl methyl sites for hydroxylation is 2. The number of fused-ring (bicyclic) bond motifs is 1. The topological polar surface area (TPSA) is 46.2 Å². The lowest BCUT2D eigenvalue weighted by Gasteiger charge is -2.11. The van der Waals surface area contributed by atoms with Gasteiger partial charge in [-0.25, -0.2) is 8.42 Å². The van der Waals surface area contributed by atoms with E-state index in [1.807, 2.05) is 6.07 Å². The molecule has 0 heterocycles. The van der Waals surface area contributed by atoms with Gasteiger partial charge in [0, 0.05) is 5.02 Å². The SMILES string of the molecule is O=S(=O)(Nc1cc(Cl)ccc1Cl)c1ccc2c(c1)CCC2. The second-order valence-electron chi connectivity index (χ2n) is 5.01. The van der Waals surface area contributed by atoms with Gasteiger partial charge in [0.25, 0.3) is 10.0 Å². The van der Waals surface area contributed by atoms with E-state index in [0.717, 1.165) is 24.8 Å². The minimum absolute atomic E-state index is 0.249. The quantitative estimate of drug-likeness (QED) is 0.905. The van der Waals surface area contributed by atoms with Gasteiger partial charge in [-0.05, 0) is 60.7 Å². The number of anilines is 1. The zero-order valence-corrected chi connectivity index (χ0v) is 13.4. The van der Waals surface area contributed by atoms with Crippen molar-refractivity contribution in [2.45, 2.75) is 24.2 Å². The number of benzene rings is 2. The smallest absolute Gasteiger partial charge is 0.261 e. The van der Waals surface area contributed by atoms with Crippen molar-refractivity contribution in [2.24, 2.45) is 0 Å². The first-order valence-electron chi connectivity index (χ1n) is 6.55. The van der Waals surface area contributed by atoms with Crippen molar-refractivity contribution in [1.29, 1.82) is 0 Å². The van der Waals surface area contributed by atoms with Crippen LogP contribution in [-0.2, 0) is 22.9 Å². The maximum atomic E-state index is 12.5. The molecular weight excluding hydrogens is 329 g/mol. The van der Waals surface area contributed by atoms with Gasteiger partial charge in [-0.3, -0.25) is 4.72 Å². The Morgan fingerprint density at radius 2 is 1.71 bits per heavy atom. The van der Waals surface area contributed by atoms with Crippen LogP contribution in [-0.4, -0.2) is 8.42 Å². The number of hydrogen-bond acceptors (Lipinski definition) is 2. The first-order chi connectivity index (χ1) is 9.95. The van der Waals surface area contributed by atoms with Crippen LogP contribution >= 0.6 is 23.2 Å². The minimum Gasteiger partial charge on any atom is -0.278 e. The van der Waals surface area contributed by atoms with Gasteiger partial charge >= 0.3 is 0 Å². The standard InChI is InChI=1S/C15H13Cl2NO2S/c16-12-5-7-14(17)15(9-12)18-21(19,20)13-6-4-10-2-1-3-11(10)8-13/h4-9,18H,1-3H2. The van der Waals surface area contributed by atoms with Gasteiger partial charge < -0.3 is 0 Å². The van der Waals surface area contributed by atoms with E-state index < -0.39 is 10.0 Å². The van der Waals surface area contributed by atoms with Gasteiger partial charge in [0.1, 0.15) is 0 Å². The van der Waals surface area contributed by atoms with Crippen LogP contribution in [0.1, 0.15) is 17.5 Å². The molecule has 0 aliphatic heterocycles. The zero-order valence-electron chi connectivity index (χ0n) is 11.1. The zero-order chi connectivity index (χ0) is 15.0. The molecule has 0 aromatic heterocycles. The van der Waals surface area contributed by atoms with Crippen LogP contribution in [0.2, 0.25) is 10.0 Å². The van der Waals surface area contributed by atoms with E-state index >= 15 is 0 Å². The van der Waals surface area contributed by atoms with Gasteiger partial charge in [-0.15, -0.1) is 0 Å². The largest absolute Gasteiger partial charge is 0.278 e. The highest BCUT2D eigenvalue weighted by Gasteiger charge is 2.19. The molecule has 110 valence electrons. The van der Waals surface area contributed by atoms with Crippen molar-refractivity contribution in [1.82, 2.24) is 0 Å². The summed E-state index contributed by atoms with van der Waals surface area (Å²) in [6, 6.07) is 9.92. The Labute approximate surface area is 133 Å². The normalized spacial score (nSPS) is 14.0. The van der Waals surface area contributed by atoms with Gasteiger partial charge in [-0.1, -0.05) is 29.3 Å². The van der Waals surface area contributed by atoms with Gasteiger partial charge in [0.05, 0.1) is 15.6 Å². The number of rotatable bonds is 3. The molecule has 0 radical (unpaired) electrons. The van der Waals surface area contributed by atoms with Crippen molar-refractivity contribution >= 4 is 38.9 Å². The lowest BCUT2D eigenvalue weighted by atomic mass is 10.1. The summed E-state index contributed by atoms with van der Waals surface area (Å²) in [5.41, 5.74) is 2.62. The average molecular weight is 342 g/mol. The van der Waals surface area contributed by atoms with Crippen molar-refractivity contribution in [3.8, 4) is 0 Å². The maximum absolute atomic E-state index is 12.5. The minimum atomic E-state index is -3.67. The molecule has 0 bridgehead atoms. The maximum Gasteiger partial charge on any atom is 0.261 e. The molecule has 2 aromatic rings. The Balaban J connectivity index is 1.95. The van der Waals surface area contributed by atoms with Crippen LogP contribution in [0.5, 0.6) is 0 Å².